The van der Waals surface area contributed by atoms with Crippen LogP contribution in [-0.4, -0.2) is 16.9 Å². The van der Waals surface area contributed by atoms with E-state index in [1.807, 2.05) is 24.3 Å². The monoisotopic (exact) mass is 324 g/mol. The molecule has 0 saturated carbocycles. The highest BCUT2D eigenvalue weighted by Gasteiger charge is 2.13. The van der Waals surface area contributed by atoms with Crippen LogP contribution in [0.3, 0.4) is 0 Å². The van der Waals surface area contributed by atoms with E-state index in [-0.39, 0.29) is 5.56 Å². The highest BCUT2D eigenvalue weighted by Crippen LogP contribution is 2.18. The predicted octanol–water partition coefficient (Wildman–Crippen LogP) is 3.14. The third-order valence-corrected chi connectivity index (χ3v) is 3.66. The Morgan fingerprint density at radius 3 is 2.47 bits per heavy atom. The van der Waals surface area contributed by atoms with Gasteiger partial charge in [0, 0.05) is 0 Å². The molecule has 1 aromatic heterocycles. The number of nitrogens with one attached hydrogen (secondary N) is 1. The number of ether oxygens (including phenoxy) is 1. The Morgan fingerprint density at radius 1 is 1.32 bits per heavy atom. The summed E-state index contributed by atoms with van der Waals surface area (Å²) in [6.07, 6.45) is 0.832. The summed E-state index contributed by atoms with van der Waals surface area (Å²) in [5.41, 5.74) is 1.65. The lowest BCUT2D eigenvalue weighted by molar-refractivity contribution is 0.414. The molecule has 19 heavy (non-hydrogen) atoms. The van der Waals surface area contributed by atoms with Crippen molar-refractivity contribution in [3.8, 4) is 11.4 Å². The number of H-pyrrole nitrogens is 1. The first-order chi connectivity index (χ1) is 9.02. The highest BCUT2D eigenvalue weighted by molar-refractivity contribution is 9.10. The number of hydrogen-bond donors (Lipinski definition) is 1. The van der Waals surface area contributed by atoms with Gasteiger partial charge in [-0.15, -0.1) is 0 Å². The molecule has 0 atom stereocenters. The van der Waals surface area contributed by atoms with Crippen molar-refractivity contribution in [3.63, 3.8) is 0 Å². The number of aromatic amines is 1. The molecule has 102 valence electrons. The number of methoxy groups -OCH3 is 1. The lowest BCUT2D eigenvalue weighted by atomic mass is 10.1. The van der Waals surface area contributed by atoms with E-state index in [4.69, 9.17) is 4.74 Å². The molecule has 0 saturated heterocycles. The molecule has 0 bridgehead atoms. The predicted molar refractivity (Wildman–Crippen MR) is 79.2 cm³/mol. The summed E-state index contributed by atoms with van der Waals surface area (Å²) in [7, 11) is 1.62. The molecule has 0 spiro atoms. The fraction of sp³-hybridized carbons (Fsp3) is 0.357. The average molecular weight is 325 g/mol. The van der Waals surface area contributed by atoms with Crippen LogP contribution >= 0.6 is 15.9 Å². The van der Waals surface area contributed by atoms with Crippen LogP contribution in [0.4, 0.5) is 0 Å². The fourth-order valence-corrected chi connectivity index (χ4v) is 2.35. The van der Waals surface area contributed by atoms with Gasteiger partial charge in [-0.2, -0.15) is 0 Å². The minimum atomic E-state index is -0.0687. The quantitative estimate of drug-likeness (QED) is 0.939. The van der Waals surface area contributed by atoms with Gasteiger partial charge in [-0.05, 0) is 52.5 Å². The van der Waals surface area contributed by atoms with Crippen LogP contribution in [-0.2, 0) is 6.42 Å². The largest absolute Gasteiger partial charge is 0.497 e. The summed E-state index contributed by atoms with van der Waals surface area (Å²) < 4.78 is 7.26. The normalized spacial score (nSPS) is 11.0. The van der Waals surface area contributed by atoms with Gasteiger partial charge in [0.25, 0.3) is 5.56 Å². The number of aromatic nitrogens is 2. The number of rotatable bonds is 4. The second-order valence-electron chi connectivity index (χ2n) is 4.84. The molecule has 1 aromatic carbocycles. The van der Waals surface area contributed by atoms with Crippen molar-refractivity contribution in [1.29, 1.82) is 0 Å². The molecule has 2 aromatic rings. The first-order valence-electron chi connectivity index (χ1n) is 6.16. The first kappa shape index (κ1) is 13.9. The Kier molecular flexibility index (Phi) is 4.14. The van der Waals surface area contributed by atoms with E-state index in [2.05, 4.69) is 34.9 Å². The molecule has 0 fully saturated rings. The maximum atomic E-state index is 12.2. The van der Waals surface area contributed by atoms with Crippen molar-refractivity contribution in [2.24, 2.45) is 5.92 Å². The Balaban J connectivity index is 2.41. The van der Waals surface area contributed by atoms with Gasteiger partial charge in [0.2, 0.25) is 0 Å². The zero-order chi connectivity index (χ0) is 14.0. The molecule has 0 aliphatic rings. The molecule has 0 aliphatic heterocycles. The summed E-state index contributed by atoms with van der Waals surface area (Å²) in [6.45, 7) is 4.24. The number of benzene rings is 1. The molecule has 0 radical (unpaired) electrons. The van der Waals surface area contributed by atoms with E-state index >= 15 is 0 Å². The van der Waals surface area contributed by atoms with E-state index < -0.39 is 0 Å². The molecule has 2 rings (SSSR count). The minimum Gasteiger partial charge on any atom is -0.497 e. The highest BCUT2D eigenvalue weighted by atomic mass is 79.9. The first-order valence-corrected chi connectivity index (χ1v) is 6.96. The van der Waals surface area contributed by atoms with Gasteiger partial charge < -0.3 is 4.74 Å². The van der Waals surface area contributed by atoms with Crippen LogP contribution in [0.25, 0.3) is 5.69 Å². The van der Waals surface area contributed by atoms with Crippen molar-refractivity contribution >= 4 is 15.9 Å². The van der Waals surface area contributed by atoms with Crippen LogP contribution in [0.1, 0.15) is 19.5 Å². The Hall–Kier alpha value is -1.49. The zero-order valence-electron chi connectivity index (χ0n) is 11.2. The maximum absolute atomic E-state index is 12.2. The Morgan fingerprint density at radius 2 is 1.95 bits per heavy atom. The van der Waals surface area contributed by atoms with E-state index in [1.54, 1.807) is 11.8 Å². The summed E-state index contributed by atoms with van der Waals surface area (Å²) in [6, 6.07) is 7.36. The fourth-order valence-electron chi connectivity index (χ4n) is 1.92. The number of hydrogen-bond acceptors (Lipinski definition) is 2. The van der Waals surface area contributed by atoms with Crippen LogP contribution in [0.5, 0.6) is 5.75 Å². The third-order valence-electron chi connectivity index (χ3n) is 2.85. The smallest absolute Gasteiger partial charge is 0.285 e. The van der Waals surface area contributed by atoms with Gasteiger partial charge in [-0.25, -0.2) is 4.68 Å². The molecule has 5 heteroatoms. The molecule has 1 N–H and O–H groups in total. The topological polar surface area (TPSA) is 47.0 Å². The van der Waals surface area contributed by atoms with Gasteiger partial charge in [-0.1, -0.05) is 13.8 Å². The van der Waals surface area contributed by atoms with E-state index in [0.717, 1.165) is 23.6 Å². The van der Waals surface area contributed by atoms with Gasteiger partial charge in [-0.3, -0.25) is 9.89 Å². The van der Waals surface area contributed by atoms with Gasteiger partial charge >= 0.3 is 0 Å². The van der Waals surface area contributed by atoms with E-state index in [9.17, 15) is 4.79 Å². The average Bonchev–Trinajstić information content (AvgIpc) is 2.67. The maximum Gasteiger partial charge on any atom is 0.285 e. The lowest BCUT2D eigenvalue weighted by Gasteiger charge is -2.04. The summed E-state index contributed by atoms with van der Waals surface area (Å²) in [5, 5.41) is 3.15. The van der Waals surface area contributed by atoms with Crippen molar-refractivity contribution in [2.75, 3.05) is 7.11 Å². The van der Waals surface area contributed by atoms with Gasteiger partial charge in [0.05, 0.1) is 18.5 Å². The van der Waals surface area contributed by atoms with Crippen molar-refractivity contribution in [1.82, 2.24) is 9.78 Å². The molecule has 0 amide bonds. The van der Waals surface area contributed by atoms with Crippen LogP contribution < -0.4 is 10.3 Å². The summed E-state index contributed by atoms with van der Waals surface area (Å²) in [4.78, 5) is 12.2. The zero-order valence-corrected chi connectivity index (χ0v) is 12.8. The van der Waals surface area contributed by atoms with Crippen molar-refractivity contribution in [3.05, 3.63) is 44.8 Å². The molecular weight excluding hydrogens is 308 g/mol. The molecule has 0 aliphatic carbocycles. The second-order valence-corrected chi connectivity index (χ2v) is 5.63. The van der Waals surface area contributed by atoms with E-state index in [1.165, 1.54) is 0 Å². The lowest BCUT2D eigenvalue weighted by Crippen LogP contribution is -2.14. The molecule has 1 heterocycles. The van der Waals surface area contributed by atoms with Crippen molar-refractivity contribution in [2.45, 2.75) is 20.3 Å². The van der Waals surface area contributed by atoms with Crippen LogP contribution in [0.15, 0.2) is 33.5 Å². The Bertz CT molecular complexity index is 611. The molecular formula is C14H17BrN2O2. The SMILES string of the molecule is COc1ccc(-n2[nH]c(CC(C)C)c(Br)c2=O)cc1. The van der Waals surface area contributed by atoms with Gasteiger partial charge in [0.15, 0.2) is 0 Å². The minimum absolute atomic E-state index is 0.0687. The summed E-state index contributed by atoms with van der Waals surface area (Å²) >= 11 is 3.37. The molecule has 0 unspecified atom stereocenters. The second kappa shape index (κ2) is 5.65. The molecule has 4 nitrogen and oxygen atoms in total. The Labute approximate surface area is 120 Å². The number of halogens is 1. The number of nitrogens with zero attached hydrogens (tertiary/aromatic N) is 1. The van der Waals surface area contributed by atoms with E-state index in [0.29, 0.717) is 10.4 Å². The summed E-state index contributed by atoms with van der Waals surface area (Å²) in [5.74, 6) is 1.25. The van der Waals surface area contributed by atoms with Gasteiger partial charge in [0.1, 0.15) is 10.2 Å². The standard InChI is InChI=1S/C14H17BrN2O2/c1-9(2)8-12-13(15)14(18)17(16-12)10-4-6-11(19-3)7-5-10/h4-7,9,16H,8H2,1-3H3. The van der Waals surface area contributed by atoms with Crippen LogP contribution in [0.2, 0.25) is 0 Å². The van der Waals surface area contributed by atoms with Crippen molar-refractivity contribution < 1.29 is 4.74 Å². The van der Waals surface area contributed by atoms with Crippen LogP contribution in [0, 0.1) is 5.92 Å². The third kappa shape index (κ3) is 2.92.